The van der Waals surface area contributed by atoms with E-state index in [1.807, 2.05) is 13.0 Å². The Morgan fingerprint density at radius 1 is 0.966 bits per heavy atom. The molecule has 1 heterocycles. The Bertz CT molecular complexity index is 1050. The monoisotopic (exact) mass is 416 g/mol. The minimum absolute atomic E-state index is 0.00759. The van der Waals surface area contributed by atoms with Crippen LogP contribution in [0, 0.1) is 13.8 Å². The Morgan fingerprint density at radius 3 is 2.10 bits per heavy atom. The number of halogens is 6. The van der Waals surface area contributed by atoms with E-state index in [0.717, 1.165) is 11.1 Å². The maximum Gasteiger partial charge on any atom is 0.416 e. The van der Waals surface area contributed by atoms with Crippen LogP contribution in [0.5, 0.6) is 0 Å². The molecule has 0 radical (unpaired) electrons. The van der Waals surface area contributed by atoms with Gasteiger partial charge >= 0.3 is 12.4 Å². The Morgan fingerprint density at radius 2 is 1.55 bits per heavy atom. The molecule has 0 spiro atoms. The van der Waals surface area contributed by atoms with Gasteiger partial charge in [0.15, 0.2) is 5.58 Å². The number of hydrogen-bond acceptors (Lipinski definition) is 3. The van der Waals surface area contributed by atoms with Crippen molar-refractivity contribution in [3.05, 3.63) is 58.3 Å². The van der Waals surface area contributed by atoms with Gasteiger partial charge in [-0.3, -0.25) is 4.79 Å². The molecule has 0 aliphatic rings. The van der Waals surface area contributed by atoms with E-state index in [0.29, 0.717) is 23.1 Å². The largest absolute Gasteiger partial charge is 0.416 e. The van der Waals surface area contributed by atoms with E-state index >= 15 is 0 Å². The van der Waals surface area contributed by atoms with Crippen LogP contribution in [0.15, 0.2) is 34.9 Å². The van der Waals surface area contributed by atoms with Crippen molar-refractivity contribution in [1.29, 1.82) is 0 Å². The van der Waals surface area contributed by atoms with Crippen LogP contribution in [0.25, 0.3) is 11.0 Å². The molecule has 0 fully saturated rings. The number of hydrogen-bond donors (Lipinski definition) is 1. The number of nitrogens with one attached hydrogen (secondary N) is 1. The fraction of sp³-hybridized carbons (Fsp3) is 0.263. The van der Waals surface area contributed by atoms with Gasteiger partial charge in [-0.2, -0.15) is 26.3 Å². The van der Waals surface area contributed by atoms with E-state index in [9.17, 15) is 31.1 Å². The summed E-state index contributed by atoms with van der Waals surface area (Å²) in [5, 5.41) is 6.43. The molecular formula is C19H14F6N2O2. The minimum Gasteiger partial charge on any atom is -0.356 e. The molecule has 0 bridgehead atoms. The molecule has 0 aliphatic heterocycles. The molecule has 1 aromatic heterocycles. The lowest BCUT2D eigenvalue weighted by Gasteiger charge is -2.14. The number of aryl methyl sites for hydroxylation is 2. The molecular weight excluding hydrogens is 402 g/mol. The third-order valence-electron chi connectivity index (χ3n) is 4.18. The smallest absolute Gasteiger partial charge is 0.356 e. The first kappa shape index (κ1) is 20.7. The number of amides is 1. The summed E-state index contributed by atoms with van der Waals surface area (Å²) < 4.78 is 82.7. The number of fused-ring (bicyclic) bond motifs is 1. The predicted octanol–water partition coefficient (Wildman–Crippen LogP) is 5.66. The van der Waals surface area contributed by atoms with Gasteiger partial charge in [0.2, 0.25) is 5.91 Å². The maximum atomic E-state index is 12.9. The molecule has 0 saturated carbocycles. The SMILES string of the molecule is Cc1cc(C)c2onc(CC(=O)Nc3cc(C(F)(F)F)cc(C(F)(F)F)c3)c2c1. The molecule has 0 saturated heterocycles. The Balaban J connectivity index is 1.89. The van der Waals surface area contributed by atoms with Crippen LogP contribution in [-0.4, -0.2) is 11.1 Å². The highest BCUT2D eigenvalue weighted by Gasteiger charge is 2.37. The minimum atomic E-state index is -5.00. The molecule has 0 unspecified atom stereocenters. The standard InChI is InChI=1S/C19H14F6N2O2/c1-9-3-10(2)17-14(4-9)15(27-29-17)8-16(28)26-13-6-11(18(20,21)22)5-12(7-13)19(23,24)25/h3-7H,8H2,1-2H3,(H,26,28). The molecule has 10 heteroatoms. The Hall–Kier alpha value is -3.04. The number of carbonyl (C=O) groups excluding carboxylic acids is 1. The average molecular weight is 416 g/mol. The van der Waals surface area contributed by atoms with E-state index in [1.165, 1.54) is 0 Å². The quantitative estimate of drug-likeness (QED) is 0.561. The highest BCUT2D eigenvalue weighted by atomic mass is 19.4. The van der Waals surface area contributed by atoms with Gasteiger partial charge in [0.25, 0.3) is 0 Å². The van der Waals surface area contributed by atoms with E-state index < -0.39 is 35.1 Å². The van der Waals surface area contributed by atoms with Crippen molar-refractivity contribution in [2.45, 2.75) is 32.6 Å². The third kappa shape index (κ3) is 4.52. The van der Waals surface area contributed by atoms with Crippen molar-refractivity contribution in [2.24, 2.45) is 0 Å². The lowest BCUT2D eigenvalue weighted by atomic mass is 10.1. The lowest BCUT2D eigenvalue weighted by Crippen LogP contribution is -2.17. The predicted molar refractivity (Wildman–Crippen MR) is 92.3 cm³/mol. The number of alkyl halides is 6. The van der Waals surface area contributed by atoms with Crippen LogP contribution >= 0.6 is 0 Å². The van der Waals surface area contributed by atoms with Crippen molar-refractivity contribution in [3.8, 4) is 0 Å². The van der Waals surface area contributed by atoms with Gasteiger partial charge in [0.1, 0.15) is 5.69 Å². The van der Waals surface area contributed by atoms with Gasteiger partial charge in [-0.25, -0.2) is 0 Å². The molecule has 2 aromatic carbocycles. The van der Waals surface area contributed by atoms with Crippen molar-refractivity contribution < 1.29 is 35.7 Å². The van der Waals surface area contributed by atoms with Crippen LogP contribution in [0.2, 0.25) is 0 Å². The van der Waals surface area contributed by atoms with E-state index in [2.05, 4.69) is 10.5 Å². The van der Waals surface area contributed by atoms with Crippen LogP contribution in [0.1, 0.15) is 27.9 Å². The Labute approximate surface area is 160 Å². The number of rotatable bonds is 3. The van der Waals surface area contributed by atoms with E-state index in [-0.39, 0.29) is 18.2 Å². The van der Waals surface area contributed by atoms with Gasteiger partial charge in [-0.05, 0) is 49.2 Å². The number of carbonyl (C=O) groups is 1. The molecule has 0 aliphatic carbocycles. The second-order valence-electron chi connectivity index (χ2n) is 6.61. The fourth-order valence-corrected chi connectivity index (χ4v) is 2.95. The topological polar surface area (TPSA) is 55.1 Å². The molecule has 3 rings (SSSR count). The second-order valence-corrected chi connectivity index (χ2v) is 6.61. The summed E-state index contributed by atoms with van der Waals surface area (Å²) >= 11 is 0. The number of anilines is 1. The molecule has 3 aromatic rings. The second kappa shape index (κ2) is 7.09. The van der Waals surface area contributed by atoms with Gasteiger partial charge in [-0.1, -0.05) is 11.2 Å². The molecule has 1 N–H and O–H groups in total. The Kier molecular flexibility index (Phi) is 5.06. The van der Waals surface area contributed by atoms with E-state index in [4.69, 9.17) is 4.52 Å². The van der Waals surface area contributed by atoms with Gasteiger partial charge < -0.3 is 9.84 Å². The molecule has 154 valence electrons. The summed E-state index contributed by atoms with van der Waals surface area (Å²) in [5.41, 5.74) is -1.29. The molecule has 0 atom stereocenters. The zero-order valence-electron chi connectivity index (χ0n) is 15.1. The van der Waals surface area contributed by atoms with E-state index in [1.54, 1.807) is 13.0 Å². The summed E-state index contributed by atoms with van der Waals surface area (Å²) in [6.07, 6.45) is -10.4. The highest BCUT2D eigenvalue weighted by molar-refractivity contribution is 5.95. The van der Waals surface area contributed by atoms with Crippen molar-refractivity contribution >= 4 is 22.6 Å². The van der Waals surface area contributed by atoms with Crippen LogP contribution in [-0.2, 0) is 23.6 Å². The summed E-state index contributed by atoms with van der Waals surface area (Å²) in [4.78, 5) is 12.3. The molecule has 4 nitrogen and oxygen atoms in total. The maximum absolute atomic E-state index is 12.9. The van der Waals surface area contributed by atoms with Crippen molar-refractivity contribution in [1.82, 2.24) is 5.16 Å². The zero-order valence-corrected chi connectivity index (χ0v) is 15.1. The first-order valence-electron chi connectivity index (χ1n) is 8.29. The van der Waals surface area contributed by atoms with Crippen LogP contribution in [0.3, 0.4) is 0 Å². The van der Waals surface area contributed by atoms with Crippen molar-refractivity contribution in [3.63, 3.8) is 0 Å². The highest BCUT2D eigenvalue weighted by Crippen LogP contribution is 2.37. The van der Waals surface area contributed by atoms with Crippen LogP contribution in [0.4, 0.5) is 32.0 Å². The molecule has 1 amide bonds. The summed E-state index contributed by atoms with van der Waals surface area (Å²) in [6, 6.07) is 4.46. The lowest BCUT2D eigenvalue weighted by molar-refractivity contribution is -0.143. The fourth-order valence-electron chi connectivity index (χ4n) is 2.95. The number of nitrogens with zero attached hydrogens (tertiary/aromatic N) is 1. The normalized spacial score (nSPS) is 12.4. The number of aromatic nitrogens is 1. The summed E-state index contributed by atoms with van der Waals surface area (Å²) in [5.74, 6) is -0.827. The molecule has 29 heavy (non-hydrogen) atoms. The average Bonchev–Trinajstić information content (AvgIpc) is 2.96. The first-order chi connectivity index (χ1) is 13.3. The number of benzene rings is 2. The van der Waals surface area contributed by atoms with Gasteiger partial charge in [-0.15, -0.1) is 0 Å². The van der Waals surface area contributed by atoms with Crippen LogP contribution < -0.4 is 5.32 Å². The first-order valence-corrected chi connectivity index (χ1v) is 8.29. The summed E-state index contributed by atoms with van der Waals surface area (Å²) in [7, 11) is 0. The van der Waals surface area contributed by atoms with Crippen molar-refractivity contribution in [2.75, 3.05) is 5.32 Å². The van der Waals surface area contributed by atoms with Gasteiger partial charge in [0, 0.05) is 11.1 Å². The summed E-state index contributed by atoms with van der Waals surface area (Å²) in [6.45, 7) is 3.61. The third-order valence-corrected chi connectivity index (χ3v) is 4.18. The van der Waals surface area contributed by atoms with Gasteiger partial charge in [0.05, 0.1) is 17.5 Å². The zero-order chi connectivity index (χ0) is 21.6.